The summed E-state index contributed by atoms with van der Waals surface area (Å²) in [6, 6.07) is 2.73. The molecule has 1 aromatic rings. The first-order valence-electron chi connectivity index (χ1n) is 8.12. The Morgan fingerprint density at radius 3 is 2.76 bits per heavy atom. The monoisotopic (exact) mass is 359 g/mol. The minimum atomic E-state index is -4.71. The lowest BCUT2D eigenvalue weighted by Gasteiger charge is -2.35. The SMILES string of the molecule is CCCNC(=O)C1CCCN(c2ccc([N+](=O)[O-])cc2C(F)(F)F)C1. The van der Waals surface area contributed by atoms with Gasteiger partial charge in [0.25, 0.3) is 5.69 Å². The largest absolute Gasteiger partial charge is 0.418 e. The van der Waals surface area contributed by atoms with Gasteiger partial charge in [-0.25, -0.2) is 0 Å². The molecule has 1 heterocycles. The Balaban J connectivity index is 2.27. The average molecular weight is 359 g/mol. The molecular formula is C16H20F3N3O3. The lowest BCUT2D eigenvalue weighted by atomic mass is 9.95. The average Bonchev–Trinajstić information content (AvgIpc) is 2.58. The number of carbonyl (C=O) groups is 1. The third kappa shape index (κ3) is 4.61. The summed E-state index contributed by atoms with van der Waals surface area (Å²) in [4.78, 5) is 23.5. The zero-order valence-corrected chi connectivity index (χ0v) is 13.8. The zero-order chi connectivity index (χ0) is 18.6. The number of anilines is 1. The fourth-order valence-corrected chi connectivity index (χ4v) is 2.94. The van der Waals surface area contributed by atoms with Crippen LogP contribution in [-0.2, 0) is 11.0 Å². The van der Waals surface area contributed by atoms with Crippen molar-refractivity contribution in [1.29, 1.82) is 0 Å². The molecule has 1 aliphatic rings. The van der Waals surface area contributed by atoms with Crippen molar-refractivity contribution in [2.45, 2.75) is 32.4 Å². The normalized spacial score (nSPS) is 18.1. The number of piperidine rings is 1. The molecule has 1 amide bonds. The minimum Gasteiger partial charge on any atom is -0.370 e. The van der Waals surface area contributed by atoms with Crippen LogP contribution >= 0.6 is 0 Å². The van der Waals surface area contributed by atoms with Crippen LogP contribution in [0.5, 0.6) is 0 Å². The number of hydrogen-bond acceptors (Lipinski definition) is 4. The van der Waals surface area contributed by atoms with E-state index in [0.29, 0.717) is 32.0 Å². The van der Waals surface area contributed by atoms with Crippen LogP contribution in [0.4, 0.5) is 24.5 Å². The molecule has 1 fully saturated rings. The van der Waals surface area contributed by atoms with E-state index in [2.05, 4.69) is 5.32 Å². The number of carbonyl (C=O) groups excluding carboxylic acids is 1. The summed E-state index contributed by atoms with van der Waals surface area (Å²) in [5.41, 5.74) is -1.77. The number of nitrogens with one attached hydrogen (secondary N) is 1. The number of rotatable bonds is 5. The third-order valence-electron chi connectivity index (χ3n) is 4.18. The van der Waals surface area contributed by atoms with E-state index in [0.717, 1.165) is 18.6 Å². The molecular weight excluding hydrogens is 339 g/mol. The summed E-state index contributed by atoms with van der Waals surface area (Å²) < 4.78 is 40.0. The molecule has 1 N–H and O–H groups in total. The number of alkyl halides is 3. The molecule has 0 radical (unpaired) electrons. The van der Waals surface area contributed by atoms with E-state index in [4.69, 9.17) is 0 Å². The number of nitro benzene ring substituents is 1. The van der Waals surface area contributed by atoms with Gasteiger partial charge in [-0.3, -0.25) is 14.9 Å². The van der Waals surface area contributed by atoms with Gasteiger partial charge in [-0.2, -0.15) is 13.2 Å². The summed E-state index contributed by atoms with van der Waals surface area (Å²) in [6.45, 7) is 2.98. The third-order valence-corrected chi connectivity index (χ3v) is 4.18. The van der Waals surface area contributed by atoms with Crippen LogP contribution < -0.4 is 10.2 Å². The van der Waals surface area contributed by atoms with Gasteiger partial charge in [-0.05, 0) is 25.3 Å². The molecule has 1 atom stereocenters. The first-order chi connectivity index (χ1) is 11.7. The molecule has 25 heavy (non-hydrogen) atoms. The van der Waals surface area contributed by atoms with Gasteiger partial charge in [0.05, 0.1) is 16.4 Å². The minimum absolute atomic E-state index is 0.119. The molecule has 0 spiro atoms. The van der Waals surface area contributed by atoms with Gasteiger partial charge in [0, 0.05) is 37.5 Å². The van der Waals surface area contributed by atoms with Crippen molar-refractivity contribution in [2.24, 2.45) is 5.92 Å². The Hall–Kier alpha value is -2.32. The molecule has 1 aliphatic heterocycles. The fourth-order valence-electron chi connectivity index (χ4n) is 2.94. The standard InChI is InChI=1S/C16H20F3N3O3/c1-2-7-20-15(23)11-4-3-8-21(10-11)14-6-5-12(22(24)25)9-13(14)16(17,18)19/h5-6,9,11H,2-4,7-8,10H2,1H3,(H,20,23). The molecule has 1 unspecified atom stereocenters. The van der Waals surface area contributed by atoms with Crippen LogP contribution in [0.2, 0.25) is 0 Å². The summed E-state index contributed by atoms with van der Waals surface area (Å²) in [5, 5.41) is 13.5. The highest BCUT2D eigenvalue weighted by molar-refractivity contribution is 5.79. The van der Waals surface area contributed by atoms with Crippen LogP contribution in [0.3, 0.4) is 0 Å². The van der Waals surface area contributed by atoms with Crippen LogP contribution in [0, 0.1) is 16.0 Å². The molecule has 138 valence electrons. The Morgan fingerprint density at radius 2 is 2.16 bits per heavy atom. The van der Waals surface area contributed by atoms with Gasteiger partial charge in [0.15, 0.2) is 0 Å². The second-order valence-corrected chi connectivity index (χ2v) is 6.03. The number of nitrogens with zero attached hydrogens (tertiary/aromatic N) is 2. The number of nitro groups is 1. The van der Waals surface area contributed by atoms with Crippen molar-refractivity contribution in [3.05, 3.63) is 33.9 Å². The highest BCUT2D eigenvalue weighted by atomic mass is 19.4. The summed E-state index contributed by atoms with van der Waals surface area (Å²) in [5.74, 6) is -0.557. The number of amides is 1. The summed E-state index contributed by atoms with van der Waals surface area (Å²) in [7, 11) is 0. The summed E-state index contributed by atoms with van der Waals surface area (Å²) in [6.07, 6.45) is -2.74. The molecule has 0 bridgehead atoms. The second-order valence-electron chi connectivity index (χ2n) is 6.03. The molecule has 0 aliphatic carbocycles. The van der Waals surface area contributed by atoms with Crippen molar-refractivity contribution in [3.63, 3.8) is 0 Å². The number of hydrogen-bond donors (Lipinski definition) is 1. The number of non-ortho nitro benzene ring substituents is 1. The van der Waals surface area contributed by atoms with Crippen LogP contribution in [0.15, 0.2) is 18.2 Å². The van der Waals surface area contributed by atoms with Gasteiger partial charge in [0.2, 0.25) is 5.91 Å². The van der Waals surface area contributed by atoms with Gasteiger partial charge in [-0.1, -0.05) is 6.92 Å². The van der Waals surface area contributed by atoms with Crippen molar-refractivity contribution >= 4 is 17.3 Å². The maximum absolute atomic E-state index is 13.3. The quantitative estimate of drug-likeness (QED) is 0.646. The van der Waals surface area contributed by atoms with Crippen LogP contribution in [-0.4, -0.2) is 30.5 Å². The lowest BCUT2D eigenvalue weighted by Crippen LogP contribution is -2.43. The van der Waals surface area contributed by atoms with E-state index in [-0.39, 0.29) is 18.1 Å². The van der Waals surface area contributed by atoms with Crippen LogP contribution in [0.25, 0.3) is 0 Å². The van der Waals surface area contributed by atoms with Gasteiger partial charge in [0.1, 0.15) is 0 Å². The topological polar surface area (TPSA) is 75.5 Å². The summed E-state index contributed by atoms with van der Waals surface area (Å²) >= 11 is 0. The van der Waals surface area contributed by atoms with E-state index in [1.807, 2.05) is 6.92 Å². The van der Waals surface area contributed by atoms with E-state index in [1.54, 1.807) is 0 Å². The van der Waals surface area contributed by atoms with Crippen molar-refractivity contribution < 1.29 is 22.9 Å². The molecule has 0 saturated carbocycles. The Labute approximate surface area is 143 Å². The molecule has 1 saturated heterocycles. The van der Waals surface area contributed by atoms with E-state index < -0.39 is 28.3 Å². The fraction of sp³-hybridized carbons (Fsp3) is 0.562. The first kappa shape index (κ1) is 19.0. The maximum Gasteiger partial charge on any atom is 0.418 e. The molecule has 2 rings (SSSR count). The maximum atomic E-state index is 13.3. The van der Waals surface area contributed by atoms with Crippen LogP contribution in [0.1, 0.15) is 31.7 Å². The second kappa shape index (κ2) is 7.71. The highest BCUT2D eigenvalue weighted by Gasteiger charge is 2.38. The van der Waals surface area contributed by atoms with Gasteiger partial charge >= 0.3 is 6.18 Å². The van der Waals surface area contributed by atoms with Crippen molar-refractivity contribution in [2.75, 3.05) is 24.5 Å². The van der Waals surface area contributed by atoms with Crippen molar-refractivity contribution in [3.8, 4) is 0 Å². The van der Waals surface area contributed by atoms with Gasteiger partial charge < -0.3 is 10.2 Å². The van der Waals surface area contributed by atoms with Crippen molar-refractivity contribution in [1.82, 2.24) is 5.32 Å². The Bertz CT molecular complexity index is 649. The number of benzene rings is 1. The van der Waals surface area contributed by atoms with E-state index in [1.165, 1.54) is 4.90 Å². The molecule has 6 nitrogen and oxygen atoms in total. The number of halogens is 3. The highest BCUT2D eigenvalue weighted by Crippen LogP contribution is 2.39. The Morgan fingerprint density at radius 1 is 1.44 bits per heavy atom. The zero-order valence-electron chi connectivity index (χ0n) is 13.8. The smallest absolute Gasteiger partial charge is 0.370 e. The van der Waals surface area contributed by atoms with Gasteiger partial charge in [-0.15, -0.1) is 0 Å². The predicted octanol–water partition coefficient (Wildman–Crippen LogP) is 3.36. The molecule has 1 aromatic carbocycles. The molecule has 9 heteroatoms. The van der Waals surface area contributed by atoms with E-state index in [9.17, 15) is 28.1 Å². The molecule has 0 aromatic heterocycles. The Kier molecular flexibility index (Phi) is 5.86. The predicted molar refractivity (Wildman–Crippen MR) is 86.3 cm³/mol. The van der Waals surface area contributed by atoms with E-state index >= 15 is 0 Å². The first-order valence-corrected chi connectivity index (χ1v) is 8.12. The lowest BCUT2D eigenvalue weighted by molar-refractivity contribution is -0.385.